The van der Waals surface area contributed by atoms with Crippen LogP contribution in [0.25, 0.3) is 0 Å². The van der Waals surface area contributed by atoms with Gasteiger partial charge < -0.3 is 10.8 Å². The van der Waals surface area contributed by atoms with Gasteiger partial charge in [-0.15, -0.1) is 17.0 Å². The Kier molecular flexibility index (Phi) is 6.08. The van der Waals surface area contributed by atoms with E-state index in [0.717, 1.165) is 0 Å². The van der Waals surface area contributed by atoms with E-state index in [0.29, 0.717) is 0 Å². The van der Waals surface area contributed by atoms with Crippen molar-refractivity contribution < 1.29 is 9.90 Å². The molecule has 0 rings (SSSR count). The van der Waals surface area contributed by atoms with Crippen molar-refractivity contribution in [2.45, 2.75) is 6.92 Å². The fourth-order valence-electron chi connectivity index (χ4n) is 0.123. The molecule has 0 aliphatic heterocycles. The van der Waals surface area contributed by atoms with Gasteiger partial charge in [0.05, 0.1) is 0 Å². The molecule has 0 atom stereocenters. The van der Waals surface area contributed by atoms with Crippen molar-refractivity contribution in [1.29, 1.82) is 0 Å². The summed E-state index contributed by atoms with van der Waals surface area (Å²) in [5, 5.41) is 7.99. The van der Waals surface area contributed by atoms with E-state index in [1.54, 1.807) is 6.92 Å². The zero-order valence-electron chi connectivity index (χ0n) is 4.42. The van der Waals surface area contributed by atoms with Gasteiger partial charge >= 0.3 is 5.97 Å². The van der Waals surface area contributed by atoms with Gasteiger partial charge in [0.15, 0.2) is 0 Å². The van der Waals surface area contributed by atoms with Crippen molar-refractivity contribution in [2.75, 3.05) is 0 Å². The number of carboxylic acids is 1. The van der Waals surface area contributed by atoms with E-state index in [2.05, 4.69) is 0 Å². The third-order valence-corrected chi connectivity index (χ3v) is 0.558. The lowest BCUT2D eigenvalue weighted by Gasteiger charge is -1.85. The fourth-order valence-corrected chi connectivity index (χ4v) is 0.123. The Morgan fingerprint density at radius 1 is 1.75 bits per heavy atom. The van der Waals surface area contributed by atoms with E-state index < -0.39 is 5.97 Å². The van der Waals surface area contributed by atoms with Crippen molar-refractivity contribution in [3.8, 4) is 0 Å². The first-order valence-electron chi connectivity index (χ1n) is 1.83. The SMILES string of the molecule is Br.C/C=C(\N)C(=O)O. The lowest BCUT2D eigenvalue weighted by Crippen LogP contribution is -2.08. The van der Waals surface area contributed by atoms with E-state index >= 15 is 0 Å². The van der Waals surface area contributed by atoms with E-state index in [1.807, 2.05) is 0 Å². The Hall–Kier alpha value is -0.510. The van der Waals surface area contributed by atoms with Crippen LogP contribution in [0.3, 0.4) is 0 Å². The Morgan fingerprint density at radius 3 is 2.12 bits per heavy atom. The summed E-state index contributed by atoms with van der Waals surface area (Å²) in [6, 6.07) is 0. The molecule has 8 heavy (non-hydrogen) atoms. The van der Waals surface area contributed by atoms with Gasteiger partial charge in [-0.05, 0) is 6.92 Å². The van der Waals surface area contributed by atoms with Crippen LogP contribution in [-0.4, -0.2) is 11.1 Å². The quantitative estimate of drug-likeness (QED) is 0.580. The summed E-state index contributed by atoms with van der Waals surface area (Å²) in [6.45, 7) is 1.57. The molecule has 0 aromatic rings. The van der Waals surface area contributed by atoms with E-state index in [9.17, 15) is 4.79 Å². The zero-order valence-corrected chi connectivity index (χ0v) is 6.13. The lowest BCUT2D eigenvalue weighted by atomic mass is 10.4. The van der Waals surface area contributed by atoms with Gasteiger partial charge in [0.2, 0.25) is 0 Å². The molecule has 3 N–H and O–H groups in total. The van der Waals surface area contributed by atoms with Gasteiger partial charge in [-0.1, -0.05) is 6.08 Å². The molecule has 0 saturated carbocycles. The number of aliphatic carboxylic acids is 1. The number of rotatable bonds is 1. The summed E-state index contributed by atoms with van der Waals surface area (Å²) in [5.41, 5.74) is 4.77. The Bertz CT molecular complexity index is 111. The van der Waals surface area contributed by atoms with Crippen LogP contribution in [0, 0.1) is 0 Å². The summed E-state index contributed by atoms with van der Waals surface area (Å²) < 4.78 is 0. The first kappa shape index (κ1) is 10.5. The number of hydrogen-bond donors (Lipinski definition) is 2. The number of carboxylic acid groups (broad SMARTS) is 1. The Balaban J connectivity index is 0. The molecule has 0 aromatic heterocycles. The average molecular weight is 182 g/mol. The minimum atomic E-state index is -1.07. The molecular formula is C4H8BrNO2. The fraction of sp³-hybridized carbons (Fsp3) is 0.250. The van der Waals surface area contributed by atoms with Gasteiger partial charge in [0, 0.05) is 0 Å². The molecule has 0 fully saturated rings. The van der Waals surface area contributed by atoms with Crippen molar-refractivity contribution in [3.05, 3.63) is 11.8 Å². The third-order valence-electron chi connectivity index (χ3n) is 0.558. The molecule has 0 aliphatic carbocycles. The molecular weight excluding hydrogens is 174 g/mol. The summed E-state index contributed by atoms with van der Waals surface area (Å²) in [5.74, 6) is -1.07. The Morgan fingerprint density at radius 2 is 2.12 bits per heavy atom. The monoisotopic (exact) mass is 181 g/mol. The standard InChI is InChI=1S/C4H7NO2.BrH/c1-2-3(5)4(6)7;/h2H,5H2,1H3,(H,6,7);1H/b3-2-;. The van der Waals surface area contributed by atoms with Crippen molar-refractivity contribution >= 4 is 23.0 Å². The van der Waals surface area contributed by atoms with Crippen LogP contribution in [0.15, 0.2) is 11.8 Å². The maximum atomic E-state index is 9.74. The van der Waals surface area contributed by atoms with Crippen LogP contribution in [0.2, 0.25) is 0 Å². The first-order chi connectivity index (χ1) is 3.18. The molecule has 0 bridgehead atoms. The van der Waals surface area contributed by atoms with Crippen molar-refractivity contribution in [2.24, 2.45) is 5.73 Å². The summed E-state index contributed by atoms with van der Waals surface area (Å²) in [4.78, 5) is 9.74. The zero-order chi connectivity index (χ0) is 5.86. The van der Waals surface area contributed by atoms with E-state index in [1.165, 1.54) is 6.08 Å². The van der Waals surface area contributed by atoms with E-state index in [-0.39, 0.29) is 22.7 Å². The molecule has 4 heteroatoms. The van der Waals surface area contributed by atoms with Gasteiger partial charge in [0.25, 0.3) is 0 Å². The highest BCUT2D eigenvalue weighted by Crippen LogP contribution is 1.78. The second-order valence-corrected chi connectivity index (χ2v) is 1.05. The van der Waals surface area contributed by atoms with E-state index in [4.69, 9.17) is 10.8 Å². The number of hydrogen-bond acceptors (Lipinski definition) is 2. The summed E-state index contributed by atoms with van der Waals surface area (Å²) >= 11 is 0. The second kappa shape index (κ2) is 4.64. The normalized spacial score (nSPS) is 9.88. The van der Waals surface area contributed by atoms with Crippen molar-refractivity contribution in [1.82, 2.24) is 0 Å². The maximum absolute atomic E-state index is 9.74. The van der Waals surface area contributed by atoms with Crippen molar-refractivity contribution in [3.63, 3.8) is 0 Å². The van der Waals surface area contributed by atoms with Gasteiger partial charge in [-0.3, -0.25) is 0 Å². The second-order valence-electron chi connectivity index (χ2n) is 1.05. The summed E-state index contributed by atoms with van der Waals surface area (Å²) in [7, 11) is 0. The Labute approximate surface area is 58.0 Å². The molecule has 0 aromatic carbocycles. The molecule has 0 spiro atoms. The topological polar surface area (TPSA) is 63.3 Å². The molecule has 0 heterocycles. The molecule has 3 nitrogen and oxygen atoms in total. The largest absolute Gasteiger partial charge is 0.477 e. The highest BCUT2D eigenvalue weighted by molar-refractivity contribution is 8.93. The number of halogens is 1. The van der Waals surface area contributed by atoms with Crippen LogP contribution < -0.4 is 5.73 Å². The average Bonchev–Trinajstić information content (AvgIpc) is 1.65. The predicted molar refractivity (Wildman–Crippen MR) is 35.9 cm³/mol. The molecule has 0 radical (unpaired) electrons. The van der Waals surface area contributed by atoms with Crippen LogP contribution in [0.1, 0.15) is 6.92 Å². The lowest BCUT2D eigenvalue weighted by molar-refractivity contribution is -0.132. The number of nitrogens with two attached hydrogens (primary N) is 1. The molecule has 48 valence electrons. The van der Waals surface area contributed by atoms with Crippen LogP contribution in [0.4, 0.5) is 0 Å². The van der Waals surface area contributed by atoms with Gasteiger partial charge in [-0.2, -0.15) is 0 Å². The molecule has 0 saturated heterocycles. The predicted octanol–water partition coefficient (Wildman–Crippen LogP) is 0.511. The van der Waals surface area contributed by atoms with Crippen LogP contribution >= 0.6 is 17.0 Å². The maximum Gasteiger partial charge on any atom is 0.351 e. The number of carbonyl (C=O) groups is 1. The van der Waals surface area contributed by atoms with Gasteiger partial charge in [0.1, 0.15) is 5.70 Å². The molecule has 0 amide bonds. The van der Waals surface area contributed by atoms with Crippen LogP contribution in [-0.2, 0) is 4.79 Å². The smallest absolute Gasteiger partial charge is 0.351 e. The third kappa shape index (κ3) is 3.67. The molecule has 0 unspecified atom stereocenters. The summed E-state index contributed by atoms with van der Waals surface area (Å²) in [6.07, 6.45) is 1.34. The minimum Gasteiger partial charge on any atom is -0.477 e. The number of allylic oxidation sites excluding steroid dienone is 1. The van der Waals surface area contributed by atoms with Crippen LogP contribution in [0.5, 0.6) is 0 Å². The first-order valence-corrected chi connectivity index (χ1v) is 1.83. The highest BCUT2D eigenvalue weighted by atomic mass is 79.9. The molecule has 0 aliphatic rings. The highest BCUT2D eigenvalue weighted by Gasteiger charge is 1.94. The minimum absolute atomic E-state index is 0. The van der Waals surface area contributed by atoms with Gasteiger partial charge in [-0.25, -0.2) is 4.79 Å².